The van der Waals surface area contributed by atoms with E-state index in [-0.39, 0.29) is 57.5 Å². The Hall–Kier alpha value is -4.75. The molecular weight excluding hydrogens is 642 g/mol. The van der Waals surface area contributed by atoms with Crippen molar-refractivity contribution < 1.29 is 33.4 Å². The summed E-state index contributed by atoms with van der Waals surface area (Å²) in [6, 6.07) is 12.0. The maximum atomic E-state index is 15.0. The molecule has 1 fully saturated rings. The van der Waals surface area contributed by atoms with E-state index in [1.807, 2.05) is 19.9 Å². The molecule has 16 heteroatoms. The van der Waals surface area contributed by atoms with E-state index in [0.29, 0.717) is 11.3 Å². The number of hydrogen-bond donors (Lipinski definition) is 1. The molecule has 1 saturated heterocycles. The lowest BCUT2D eigenvalue weighted by Crippen LogP contribution is -2.31. The fraction of sp³-hybridized carbons (Fsp3) is 0.138. The minimum atomic E-state index is -9.82. The van der Waals surface area contributed by atoms with Gasteiger partial charge in [-0.15, -0.1) is 0 Å². The predicted molar refractivity (Wildman–Crippen MR) is 162 cm³/mol. The van der Waals surface area contributed by atoms with E-state index >= 15 is 4.39 Å². The molecule has 3 amide bonds. The highest BCUT2D eigenvalue weighted by Gasteiger charge is 2.65. The van der Waals surface area contributed by atoms with Crippen molar-refractivity contribution in [3.8, 4) is 23.0 Å². The van der Waals surface area contributed by atoms with E-state index in [9.17, 15) is 34.3 Å². The number of anilines is 2. The summed E-state index contributed by atoms with van der Waals surface area (Å²) in [5, 5.41) is 11.7. The lowest BCUT2D eigenvalue weighted by atomic mass is 9.98. The van der Waals surface area contributed by atoms with Crippen molar-refractivity contribution in [1.29, 1.82) is 5.26 Å². The van der Waals surface area contributed by atoms with Gasteiger partial charge in [-0.3, -0.25) is 9.69 Å². The van der Waals surface area contributed by atoms with Crippen molar-refractivity contribution in [2.75, 3.05) is 16.0 Å². The van der Waals surface area contributed by atoms with Crippen LogP contribution in [0.5, 0.6) is 0 Å². The molecule has 8 nitrogen and oxygen atoms in total. The summed E-state index contributed by atoms with van der Waals surface area (Å²) >= 11 is 1.02. The number of rotatable bonds is 6. The standard InChI is InChI=1S/C29H22F6N6O2S2/c1-17(2)22-9-3-18(13-36)11-26(22)41-27(42)15-44-29(41)39-28(43)38-24-10-4-19(12-23(24)30)25-14-40(16-37-25)20-5-7-21(8-6-20)45(31,32,33,34)35/h3-12,14,16-17H,15H2,1-2H3,(H,38,43)/b39-29-. The third-order valence-electron chi connectivity index (χ3n) is 6.65. The Labute approximate surface area is 257 Å². The first-order valence-electron chi connectivity index (χ1n) is 13.0. The van der Waals surface area contributed by atoms with Gasteiger partial charge in [0, 0.05) is 17.4 Å². The molecule has 1 N–H and O–H groups in total. The molecular formula is C29H22F6N6O2S2. The number of aliphatic imine (C=N–C) groups is 1. The van der Waals surface area contributed by atoms with Crippen molar-refractivity contribution in [2.24, 2.45) is 4.99 Å². The number of amides is 3. The average Bonchev–Trinajstić information content (AvgIpc) is 3.59. The van der Waals surface area contributed by atoms with Gasteiger partial charge in [0.05, 0.1) is 40.8 Å². The van der Waals surface area contributed by atoms with Crippen LogP contribution in [-0.4, -0.2) is 32.4 Å². The summed E-state index contributed by atoms with van der Waals surface area (Å²) in [5.41, 5.74) is 1.86. The first-order chi connectivity index (χ1) is 20.9. The summed E-state index contributed by atoms with van der Waals surface area (Å²) < 4.78 is 81.4. The summed E-state index contributed by atoms with van der Waals surface area (Å²) in [5.74, 6) is -1.19. The molecule has 0 atom stereocenters. The van der Waals surface area contributed by atoms with E-state index in [1.165, 1.54) is 34.1 Å². The third-order valence-corrected chi connectivity index (χ3v) is 8.74. The van der Waals surface area contributed by atoms with Gasteiger partial charge in [0.15, 0.2) is 5.17 Å². The van der Waals surface area contributed by atoms with Crippen molar-refractivity contribution in [1.82, 2.24) is 9.55 Å². The number of hydrogen-bond acceptors (Lipinski definition) is 5. The van der Waals surface area contributed by atoms with E-state index < -0.39 is 27.0 Å². The third kappa shape index (κ3) is 6.84. The number of nitrogens with one attached hydrogen (secondary N) is 1. The number of urea groups is 1. The van der Waals surface area contributed by atoms with Gasteiger partial charge in [0.25, 0.3) is 0 Å². The highest BCUT2D eigenvalue weighted by molar-refractivity contribution is 8.45. The molecule has 0 unspecified atom stereocenters. The summed E-state index contributed by atoms with van der Waals surface area (Å²) in [6.45, 7) is 3.83. The number of thioether (sulfide) groups is 1. The van der Waals surface area contributed by atoms with Gasteiger partial charge in [-0.2, -0.15) is 10.3 Å². The second-order valence-electron chi connectivity index (χ2n) is 10.2. The molecule has 45 heavy (non-hydrogen) atoms. The number of benzene rings is 3. The molecule has 1 aliphatic rings. The van der Waals surface area contributed by atoms with Gasteiger partial charge < -0.3 is 9.88 Å². The Morgan fingerprint density at radius 1 is 1.07 bits per heavy atom. The van der Waals surface area contributed by atoms with E-state index in [0.717, 1.165) is 35.5 Å². The number of imidazole rings is 1. The summed E-state index contributed by atoms with van der Waals surface area (Å²) in [7, 11) is -9.82. The van der Waals surface area contributed by atoms with Crippen molar-refractivity contribution in [2.45, 2.75) is 24.7 Å². The Morgan fingerprint density at radius 2 is 1.78 bits per heavy atom. The maximum absolute atomic E-state index is 15.0. The van der Waals surface area contributed by atoms with Crippen LogP contribution in [0.1, 0.15) is 30.9 Å². The number of aromatic nitrogens is 2. The van der Waals surface area contributed by atoms with Gasteiger partial charge in [-0.25, -0.2) is 14.2 Å². The van der Waals surface area contributed by atoms with Crippen LogP contribution in [0.15, 0.2) is 83.1 Å². The SMILES string of the molecule is CC(C)c1ccc(C#N)cc1N1C(=O)CS/C1=N\C(=O)Nc1ccc(-c2cn(-c3ccc(S(F)(F)(F)(F)F)cc3)cn2)cc1F. The second kappa shape index (κ2) is 10.7. The van der Waals surface area contributed by atoms with Gasteiger partial charge in [-0.1, -0.05) is 57.2 Å². The second-order valence-corrected chi connectivity index (χ2v) is 13.6. The Balaban J connectivity index is 1.34. The number of nitrogens with zero attached hydrogens (tertiary/aromatic N) is 5. The first kappa shape index (κ1) is 31.7. The van der Waals surface area contributed by atoms with Gasteiger partial charge >= 0.3 is 16.3 Å². The molecule has 0 aliphatic carbocycles. The zero-order valence-corrected chi connectivity index (χ0v) is 25.0. The summed E-state index contributed by atoms with van der Waals surface area (Å²) in [6.07, 6.45) is 2.58. The van der Waals surface area contributed by atoms with Crippen LogP contribution in [0.3, 0.4) is 0 Å². The zero-order chi connectivity index (χ0) is 32.8. The van der Waals surface area contributed by atoms with Gasteiger partial charge in [0.2, 0.25) is 5.91 Å². The normalized spacial score (nSPS) is 16.0. The largest absolute Gasteiger partial charge is 0.347 e. The molecule has 234 valence electrons. The molecule has 4 aromatic rings. The smallest absolute Gasteiger partial charge is 0.306 e. The molecule has 1 aromatic heterocycles. The zero-order valence-electron chi connectivity index (χ0n) is 23.3. The topological polar surface area (TPSA) is 103 Å². The fourth-order valence-corrected chi connectivity index (χ4v) is 5.98. The lowest BCUT2D eigenvalue weighted by Gasteiger charge is -2.40. The van der Waals surface area contributed by atoms with Gasteiger partial charge in [-0.05, 0) is 60.0 Å². The van der Waals surface area contributed by atoms with Crippen LogP contribution in [0.4, 0.5) is 40.0 Å². The summed E-state index contributed by atoms with van der Waals surface area (Å²) in [4.78, 5) is 32.9. The fourth-order valence-electron chi connectivity index (χ4n) is 4.47. The van der Waals surface area contributed by atoms with Crippen LogP contribution in [0, 0.1) is 17.1 Å². The van der Waals surface area contributed by atoms with Crippen LogP contribution in [0.25, 0.3) is 16.9 Å². The van der Waals surface area contributed by atoms with Crippen LogP contribution in [-0.2, 0) is 4.79 Å². The lowest BCUT2D eigenvalue weighted by molar-refractivity contribution is -0.115. The van der Waals surface area contributed by atoms with Crippen LogP contribution < -0.4 is 10.2 Å². The molecule has 0 radical (unpaired) electrons. The predicted octanol–water partition coefficient (Wildman–Crippen LogP) is 9.00. The maximum Gasteiger partial charge on any atom is 0.347 e. The Morgan fingerprint density at radius 3 is 2.40 bits per heavy atom. The number of nitriles is 1. The minimum absolute atomic E-state index is 0.00997. The van der Waals surface area contributed by atoms with E-state index in [1.54, 1.807) is 18.2 Å². The molecule has 0 saturated carbocycles. The molecule has 2 heterocycles. The number of carbonyl (C=O) groups is 2. The minimum Gasteiger partial charge on any atom is -0.306 e. The monoisotopic (exact) mass is 664 g/mol. The number of amidine groups is 1. The average molecular weight is 665 g/mol. The Bertz CT molecular complexity index is 1920. The highest BCUT2D eigenvalue weighted by atomic mass is 32.5. The Kier molecular flexibility index (Phi) is 7.53. The van der Waals surface area contributed by atoms with Crippen molar-refractivity contribution >= 4 is 50.5 Å². The van der Waals surface area contributed by atoms with Crippen molar-refractivity contribution in [3.05, 3.63) is 90.1 Å². The van der Waals surface area contributed by atoms with Gasteiger partial charge in [0.1, 0.15) is 10.7 Å². The van der Waals surface area contributed by atoms with Crippen molar-refractivity contribution in [3.63, 3.8) is 0 Å². The molecule has 5 rings (SSSR count). The molecule has 0 bridgehead atoms. The quantitative estimate of drug-likeness (QED) is 0.207. The first-order valence-corrected chi connectivity index (χ1v) is 15.9. The number of halogens is 6. The van der Waals surface area contributed by atoms with Crippen LogP contribution >= 0.6 is 22.0 Å². The van der Waals surface area contributed by atoms with Crippen LogP contribution in [0.2, 0.25) is 0 Å². The highest BCUT2D eigenvalue weighted by Crippen LogP contribution is 3.02. The molecule has 0 spiro atoms. The number of carbonyl (C=O) groups excluding carboxylic acids is 2. The van der Waals surface area contributed by atoms with E-state index in [4.69, 9.17) is 0 Å². The molecule has 3 aromatic carbocycles. The molecule has 1 aliphatic heterocycles. The van der Waals surface area contributed by atoms with E-state index in [2.05, 4.69) is 15.3 Å².